The van der Waals surface area contributed by atoms with Crippen molar-refractivity contribution >= 4 is 11.9 Å². The molecule has 2 N–H and O–H groups in total. The third-order valence-corrected chi connectivity index (χ3v) is 2.88. The minimum absolute atomic E-state index is 0.0189. The van der Waals surface area contributed by atoms with Crippen LogP contribution in [0.25, 0.3) is 0 Å². The molecule has 1 atom stereocenters. The minimum Gasteiger partial charge on any atom is -0.506 e. The zero-order chi connectivity index (χ0) is 12.6. The maximum absolute atomic E-state index is 11.7. The molecular weight excluding hydrogens is 224 g/mol. The number of carbonyl (C=O) groups is 2. The Morgan fingerprint density at radius 1 is 1.53 bits per heavy atom. The van der Waals surface area contributed by atoms with Crippen LogP contribution in [0.2, 0.25) is 0 Å². The van der Waals surface area contributed by atoms with Gasteiger partial charge in [0.1, 0.15) is 23.0 Å². The fourth-order valence-electron chi connectivity index (χ4n) is 1.93. The molecule has 0 saturated carbocycles. The topological polar surface area (TPSA) is 83.8 Å². The second-order valence-corrected chi connectivity index (χ2v) is 3.94. The van der Waals surface area contributed by atoms with Crippen molar-refractivity contribution in [2.24, 2.45) is 0 Å². The van der Waals surface area contributed by atoms with Crippen molar-refractivity contribution in [1.29, 1.82) is 0 Å². The molecule has 0 saturated heterocycles. The number of rotatable bonds is 2. The van der Waals surface area contributed by atoms with Crippen LogP contribution in [0, 0.1) is 0 Å². The van der Waals surface area contributed by atoms with Gasteiger partial charge < -0.3 is 14.9 Å². The molecule has 0 aromatic heterocycles. The van der Waals surface area contributed by atoms with Crippen LogP contribution in [0.4, 0.5) is 0 Å². The van der Waals surface area contributed by atoms with E-state index in [2.05, 4.69) is 0 Å². The molecule has 1 unspecified atom stereocenters. The first-order chi connectivity index (χ1) is 8.04. The summed E-state index contributed by atoms with van der Waals surface area (Å²) in [6, 6.07) is 2.86. The first-order valence-electron chi connectivity index (χ1n) is 5.33. The number of hydrogen-bond acceptors (Lipinski definition) is 4. The van der Waals surface area contributed by atoms with Crippen LogP contribution < -0.4 is 0 Å². The van der Waals surface area contributed by atoms with E-state index in [0.29, 0.717) is 18.4 Å². The molecule has 90 valence electrons. The number of esters is 1. The number of benzene rings is 1. The molecule has 5 heteroatoms. The largest absolute Gasteiger partial charge is 0.506 e. The molecule has 0 radical (unpaired) electrons. The van der Waals surface area contributed by atoms with Crippen molar-refractivity contribution in [1.82, 2.24) is 0 Å². The van der Waals surface area contributed by atoms with Crippen molar-refractivity contribution in [3.8, 4) is 5.75 Å². The van der Waals surface area contributed by atoms with Crippen molar-refractivity contribution in [2.75, 3.05) is 0 Å². The monoisotopic (exact) mass is 236 g/mol. The summed E-state index contributed by atoms with van der Waals surface area (Å²) in [4.78, 5) is 22.5. The summed E-state index contributed by atoms with van der Waals surface area (Å²) in [6.07, 6.45) is 0.988. The summed E-state index contributed by atoms with van der Waals surface area (Å²) in [5.74, 6) is -2.43. The van der Waals surface area contributed by atoms with Gasteiger partial charge in [-0.15, -0.1) is 0 Å². The van der Waals surface area contributed by atoms with Gasteiger partial charge >= 0.3 is 11.9 Å². The Balaban J connectivity index is 2.53. The fraction of sp³-hybridized carbons (Fsp3) is 0.333. The van der Waals surface area contributed by atoms with Gasteiger partial charge in [-0.2, -0.15) is 0 Å². The van der Waals surface area contributed by atoms with E-state index >= 15 is 0 Å². The molecule has 1 aliphatic heterocycles. The quantitative estimate of drug-likeness (QED) is 0.761. The lowest BCUT2D eigenvalue weighted by molar-refractivity contribution is 0.0245. The molecular formula is C12H12O5. The zero-order valence-corrected chi connectivity index (χ0v) is 9.27. The van der Waals surface area contributed by atoms with Gasteiger partial charge in [-0.3, -0.25) is 0 Å². The highest BCUT2D eigenvalue weighted by molar-refractivity contribution is 6.01. The Labute approximate surface area is 97.6 Å². The first kappa shape index (κ1) is 11.4. The van der Waals surface area contributed by atoms with Crippen LogP contribution in [0.15, 0.2) is 12.1 Å². The van der Waals surface area contributed by atoms with E-state index in [4.69, 9.17) is 9.84 Å². The van der Waals surface area contributed by atoms with Crippen LogP contribution in [-0.2, 0) is 11.2 Å². The van der Waals surface area contributed by atoms with Gasteiger partial charge in [0, 0.05) is 6.42 Å². The van der Waals surface area contributed by atoms with Gasteiger partial charge in [0.05, 0.1) is 0 Å². The van der Waals surface area contributed by atoms with Crippen LogP contribution in [-0.4, -0.2) is 28.3 Å². The van der Waals surface area contributed by atoms with E-state index in [1.54, 1.807) is 6.07 Å². The average molecular weight is 236 g/mol. The van der Waals surface area contributed by atoms with Crippen molar-refractivity contribution in [2.45, 2.75) is 25.9 Å². The lowest BCUT2D eigenvalue weighted by Crippen LogP contribution is -2.27. The van der Waals surface area contributed by atoms with E-state index in [-0.39, 0.29) is 17.2 Å². The second kappa shape index (κ2) is 4.08. The lowest BCUT2D eigenvalue weighted by Gasteiger charge is -2.24. The number of fused-ring (bicyclic) bond motifs is 1. The molecule has 0 fully saturated rings. The fourth-order valence-corrected chi connectivity index (χ4v) is 1.93. The maximum atomic E-state index is 11.7. The molecule has 1 aromatic carbocycles. The van der Waals surface area contributed by atoms with E-state index in [1.807, 2.05) is 6.92 Å². The molecule has 17 heavy (non-hydrogen) atoms. The third kappa shape index (κ3) is 1.84. The first-order valence-corrected chi connectivity index (χ1v) is 5.33. The molecule has 1 aromatic rings. The number of carboxylic acids is 1. The lowest BCUT2D eigenvalue weighted by atomic mass is 9.94. The van der Waals surface area contributed by atoms with Crippen LogP contribution >= 0.6 is 0 Å². The number of aromatic carboxylic acids is 1. The molecule has 2 rings (SSSR count). The summed E-state index contributed by atoms with van der Waals surface area (Å²) in [7, 11) is 0. The van der Waals surface area contributed by atoms with Gasteiger partial charge in [-0.1, -0.05) is 13.0 Å². The molecule has 1 aliphatic rings. The maximum Gasteiger partial charge on any atom is 0.342 e. The third-order valence-electron chi connectivity index (χ3n) is 2.88. The molecule has 5 nitrogen and oxygen atoms in total. The summed E-state index contributed by atoms with van der Waals surface area (Å²) in [5, 5.41) is 18.6. The Morgan fingerprint density at radius 3 is 2.82 bits per heavy atom. The second-order valence-electron chi connectivity index (χ2n) is 3.94. The molecule has 0 aliphatic carbocycles. The van der Waals surface area contributed by atoms with Crippen molar-refractivity contribution < 1.29 is 24.5 Å². The van der Waals surface area contributed by atoms with Gasteiger partial charge in [0.15, 0.2) is 0 Å². The van der Waals surface area contributed by atoms with Gasteiger partial charge in [-0.05, 0) is 18.1 Å². The highest BCUT2D eigenvalue weighted by Gasteiger charge is 2.30. The smallest absolute Gasteiger partial charge is 0.342 e. The van der Waals surface area contributed by atoms with Gasteiger partial charge in [0.2, 0.25) is 0 Å². The van der Waals surface area contributed by atoms with Crippen LogP contribution in [0.5, 0.6) is 5.75 Å². The number of cyclic esters (lactones) is 1. The predicted molar refractivity (Wildman–Crippen MR) is 58.3 cm³/mol. The zero-order valence-electron chi connectivity index (χ0n) is 9.27. The molecule has 0 spiro atoms. The summed E-state index contributed by atoms with van der Waals surface area (Å²) in [6.45, 7) is 1.90. The number of carbonyl (C=O) groups excluding carboxylic acids is 1. The highest BCUT2D eigenvalue weighted by atomic mass is 16.5. The van der Waals surface area contributed by atoms with E-state index in [0.717, 1.165) is 0 Å². The van der Waals surface area contributed by atoms with Gasteiger partial charge in [-0.25, -0.2) is 9.59 Å². The average Bonchev–Trinajstić information content (AvgIpc) is 2.28. The van der Waals surface area contributed by atoms with Crippen molar-refractivity contribution in [3.63, 3.8) is 0 Å². The standard InChI is InChI=1S/C12H12O5/c1-2-7-5-6-3-4-8(11(14)15)10(13)9(6)12(16)17-7/h3-4,7,13H,2,5H2,1H3,(H,14,15). The van der Waals surface area contributed by atoms with Crippen molar-refractivity contribution in [3.05, 3.63) is 28.8 Å². The number of hydrogen-bond donors (Lipinski definition) is 2. The predicted octanol–water partition coefficient (Wildman–Crippen LogP) is 1.58. The van der Waals surface area contributed by atoms with Crippen LogP contribution in [0.3, 0.4) is 0 Å². The Kier molecular flexibility index (Phi) is 2.75. The summed E-state index contributed by atoms with van der Waals surface area (Å²) in [5.41, 5.74) is 0.334. The van der Waals surface area contributed by atoms with Crippen LogP contribution in [0.1, 0.15) is 39.6 Å². The number of phenols is 1. The number of carboxylic acid groups (broad SMARTS) is 1. The highest BCUT2D eigenvalue weighted by Crippen LogP contribution is 2.32. The summed E-state index contributed by atoms with van der Waals surface area (Å²) >= 11 is 0. The molecule has 0 bridgehead atoms. The minimum atomic E-state index is -1.27. The van der Waals surface area contributed by atoms with E-state index in [9.17, 15) is 14.7 Å². The Morgan fingerprint density at radius 2 is 2.24 bits per heavy atom. The Hall–Kier alpha value is -2.04. The van der Waals surface area contributed by atoms with E-state index in [1.165, 1.54) is 6.07 Å². The number of aromatic hydroxyl groups is 1. The Bertz CT molecular complexity index is 492. The normalized spacial score (nSPS) is 18.4. The van der Waals surface area contributed by atoms with E-state index < -0.39 is 17.7 Å². The SMILES string of the molecule is CCC1Cc2ccc(C(=O)O)c(O)c2C(=O)O1. The summed E-state index contributed by atoms with van der Waals surface area (Å²) < 4.78 is 5.09. The molecule has 0 amide bonds. The number of ether oxygens (including phenoxy) is 1. The molecule has 1 heterocycles. The van der Waals surface area contributed by atoms with Gasteiger partial charge in [0.25, 0.3) is 0 Å².